The van der Waals surface area contributed by atoms with E-state index >= 15 is 0 Å². The molecule has 0 aromatic rings. The topological polar surface area (TPSA) is 12.0 Å². The summed E-state index contributed by atoms with van der Waals surface area (Å²) < 4.78 is 0. The van der Waals surface area contributed by atoms with Crippen LogP contribution in [0.2, 0.25) is 0 Å². The fourth-order valence-electron chi connectivity index (χ4n) is 1.53. The highest BCUT2D eigenvalue weighted by Crippen LogP contribution is 2.16. The van der Waals surface area contributed by atoms with Gasteiger partial charge in [0, 0.05) is 12.2 Å². The molecule has 1 rings (SSSR count). The number of hydrogen-bond acceptors (Lipinski definition) is 1. The molecule has 0 aromatic heterocycles. The predicted molar refractivity (Wildman–Crippen MR) is 72.0 cm³/mol. The van der Waals surface area contributed by atoms with E-state index in [0.717, 1.165) is 22.4 Å². The molecule has 0 radical (unpaired) electrons. The first-order valence-electron chi connectivity index (χ1n) is 5.16. The van der Waals surface area contributed by atoms with Crippen molar-refractivity contribution >= 4 is 0 Å². The first kappa shape index (κ1) is 12.1. The van der Waals surface area contributed by atoms with E-state index in [2.05, 4.69) is 31.6 Å². The molecule has 16 heavy (non-hydrogen) atoms. The third-order valence-corrected chi connectivity index (χ3v) is 2.48. The molecule has 1 heteroatoms. The SMILES string of the molecule is C=CC1=C(\C=C)CN\C(C=C)=C(C=C)/C=C\1. The monoisotopic (exact) mass is 211 g/mol. The van der Waals surface area contributed by atoms with E-state index in [9.17, 15) is 0 Å². The van der Waals surface area contributed by atoms with Crippen LogP contribution in [0.15, 0.2) is 85.2 Å². The fraction of sp³-hybridized carbons (Fsp3) is 0.0667. The van der Waals surface area contributed by atoms with Gasteiger partial charge in [0.2, 0.25) is 0 Å². The van der Waals surface area contributed by atoms with E-state index < -0.39 is 0 Å². The van der Waals surface area contributed by atoms with Gasteiger partial charge in [-0.1, -0.05) is 56.7 Å². The zero-order valence-electron chi connectivity index (χ0n) is 9.50. The Bertz CT molecular complexity index is 377. The Morgan fingerprint density at radius 3 is 2.00 bits per heavy atom. The fourth-order valence-corrected chi connectivity index (χ4v) is 1.53. The lowest BCUT2D eigenvalue weighted by Crippen LogP contribution is -2.17. The molecule has 1 heterocycles. The minimum atomic E-state index is 0.716. The molecule has 0 saturated heterocycles. The van der Waals surface area contributed by atoms with Gasteiger partial charge in [-0.25, -0.2) is 0 Å². The smallest absolute Gasteiger partial charge is 0.0410 e. The van der Waals surface area contributed by atoms with Crippen molar-refractivity contribution in [3.63, 3.8) is 0 Å². The highest BCUT2D eigenvalue weighted by atomic mass is 14.9. The summed E-state index contributed by atoms with van der Waals surface area (Å²) in [4.78, 5) is 0. The summed E-state index contributed by atoms with van der Waals surface area (Å²) in [5, 5.41) is 3.30. The molecule has 0 bridgehead atoms. The number of allylic oxidation sites excluding steroid dienone is 7. The van der Waals surface area contributed by atoms with Crippen molar-refractivity contribution in [2.45, 2.75) is 0 Å². The molecule has 0 unspecified atom stereocenters. The first-order valence-corrected chi connectivity index (χ1v) is 5.16. The summed E-state index contributed by atoms with van der Waals surface area (Å²) in [5.74, 6) is 0. The van der Waals surface area contributed by atoms with Gasteiger partial charge in [-0.3, -0.25) is 0 Å². The Balaban J connectivity index is 3.22. The van der Waals surface area contributed by atoms with Crippen molar-refractivity contribution in [3.8, 4) is 0 Å². The third-order valence-electron chi connectivity index (χ3n) is 2.48. The van der Waals surface area contributed by atoms with Crippen molar-refractivity contribution in [2.75, 3.05) is 6.54 Å². The van der Waals surface area contributed by atoms with Gasteiger partial charge in [0.1, 0.15) is 0 Å². The second-order valence-electron chi connectivity index (χ2n) is 3.35. The summed E-state index contributed by atoms with van der Waals surface area (Å²) in [6, 6.07) is 0. The minimum Gasteiger partial charge on any atom is -0.380 e. The van der Waals surface area contributed by atoms with Crippen LogP contribution in [0.1, 0.15) is 0 Å². The molecule has 1 N–H and O–H groups in total. The Kier molecular flexibility index (Phi) is 4.34. The summed E-state index contributed by atoms with van der Waals surface area (Å²) in [7, 11) is 0. The van der Waals surface area contributed by atoms with E-state index in [0.29, 0.717) is 6.54 Å². The predicted octanol–water partition coefficient (Wildman–Crippen LogP) is 3.44. The summed E-state index contributed by atoms with van der Waals surface area (Å²) in [6.45, 7) is 15.9. The van der Waals surface area contributed by atoms with Crippen LogP contribution in [0.5, 0.6) is 0 Å². The Morgan fingerprint density at radius 2 is 1.50 bits per heavy atom. The molecule has 1 aliphatic heterocycles. The Hall–Kier alpha value is -2.02. The molecule has 0 fully saturated rings. The zero-order chi connectivity index (χ0) is 12.0. The quantitative estimate of drug-likeness (QED) is 0.751. The van der Waals surface area contributed by atoms with E-state index in [-0.39, 0.29) is 0 Å². The highest BCUT2D eigenvalue weighted by molar-refractivity contribution is 5.48. The summed E-state index contributed by atoms with van der Waals surface area (Å²) in [6.07, 6.45) is 11.3. The number of rotatable bonds is 4. The van der Waals surface area contributed by atoms with Gasteiger partial charge in [-0.2, -0.15) is 0 Å². The Labute approximate surface area is 97.6 Å². The molecular formula is C15H17N. The van der Waals surface area contributed by atoms with Crippen molar-refractivity contribution in [1.29, 1.82) is 0 Å². The third kappa shape index (κ3) is 2.51. The van der Waals surface area contributed by atoms with E-state index in [1.165, 1.54) is 0 Å². The van der Waals surface area contributed by atoms with Gasteiger partial charge in [0.05, 0.1) is 0 Å². The van der Waals surface area contributed by atoms with E-state index in [1.54, 1.807) is 12.2 Å². The molecule has 0 saturated carbocycles. The second-order valence-corrected chi connectivity index (χ2v) is 3.35. The van der Waals surface area contributed by atoms with Crippen LogP contribution in [0.25, 0.3) is 0 Å². The van der Waals surface area contributed by atoms with Gasteiger partial charge in [0.25, 0.3) is 0 Å². The van der Waals surface area contributed by atoms with E-state index in [1.807, 2.05) is 24.3 Å². The molecule has 0 aliphatic carbocycles. The lowest BCUT2D eigenvalue weighted by atomic mass is 10.0. The van der Waals surface area contributed by atoms with Crippen LogP contribution in [0.4, 0.5) is 0 Å². The largest absolute Gasteiger partial charge is 0.380 e. The second kappa shape index (κ2) is 5.76. The molecule has 1 aliphatic rings. The lowest BCUT2D eigenvalue weighted by Gasteiger charge is -2.15. The first-order chi connectivity index (χ1) is 7.76. The van der Waals surface area contributed by atoms with Crippen LogP contribution in [-0.2, 0) is 0 Å². The average molecular weight is 211 g/mol. The molecule has 82 valence electrons. The molecule has 0 amide bonds. The van der Waals surface area contributed by atoms with E-state index in [4.69, 9.17) is 0 Å². The maximum Gasteiger partial charge on any atom is 0.0410 e. The van der Waals surface area contributed by atoms with Gasteiger partial charge >= 0.3 is 0 Å². The summed E-state index contributed by atoms with van der Waals surface area (Å²) in [5.41, 5.74) is 4.20. The molecule has 0 aromatic carbocycles. The lowest BCUT2D eigenvalue weighted by molar-refractivity contribution is 0.898. The van der Waals surface area contributed by atoms with Crippen molar-refractivity contribution in [3.05, 3.63) is 85.2 Å². The van der Waals surface area contributed by atoms with Gasteiger partial charge in [-0.15, -0.1) is 0 Å². The zero-order valence-corrected chi connectivity index (χ0v) is 9.50. The number of hydrogen-bond donors (Lipinski definition) is 1. The minimum absolute atomic E-state index is 0.716. The molecular weight excluding hydrogens is 194 g/mol. The van der Waals surface area contributed by atoms with Crippen molar-refractivity contribution in [2.24, 2.45) is 0 Å². The standard InChI is InChI=1S/C15H17N/c1-5-12-9-10-13(6-2)15(8-4)16-11-14(12)7-3/h5-10,16H,1-4,11H2/b10-9-,14-12-,15-13-. The van der Waals surface area contributed by atoms with Crippen LogP contribution in [-0.4, -0.2) is 6.54 Å². The van der Waals surface area contributed by atoms with Gasteiger partial charge in [0.15, 0.2) is 0 Å². The van der Waals surface area contributed by atoms with Crippen LogP contribution >= 0.6 is 0 Å². The highest BCUT2D eigenvalue weighted by Gasteiger charge is 2.04. The average Bonchev–Trinajstić information content (AvgIpc) is 2.30. The van der Waals surface area contributed by atoms with Gasteiger partial charge in [-0.05, 0) is 22.8 Å². The maximum absolute atomic E-state index is 3.80. The molecule has 1 nitrogen and oxygen atoms in total. The van der Waals surface area contributed by atoms with Gasteiger partial charge < -0.3 is 5.32 Å². The normalized spacial score (nSPS) is 27.0. The van der Waals surface area contributed by atoms with Crippen LogP contribution < -0.4 is 5.32 Å². The van der Waals surface area contributed by atoms with Crippen molar-refractivity contribution in [1.82, 2.24) is 5.32 Å². The maximum atomic E-state index is 3.80. The molecule has 0 spiro atoms. The Morgan fingerprint density at radius 1 is 0.875 bits per heavy atom. The van der Waals surface area contributed by atoms with Crippen LogP contribution in [0.3, 0.4) is 0 Å². The van der Waals surface area contributed by atoms with Crippen molar-refractivity contribution < 1.29 is 0 Å². The molecule has 0 atom stereocenters. The number of nitrogens with one attached hydrogen (secondary N) is 1. The summed E-state index contributed by atoms with van der Waals surface area (Å²) >= 11 is 0. The van der Waals surface area contributed by atoms with Crippen LogP contribution in [0, 0.1) is 0 Å².